The summed E-state index contributed by atoms with van der Waals surface area (Å²) in [5.41, 5.74) is 1.59. The molecule has 2 heterocycles. The Morgan fingerprint density at radius 1 is 1.17 bits per heavy atom. The molecule has 0 aliphatic rings. The summed E-state index contributed by atoms with van der Waals surface area (Å²) in [6.07, 6.45) is 5.30. The van der Waals surface area contributed by atoms with Crippen LogP contribution in [0, 0.1) is 0 Å². The number of hydrogen-bond acceptors (Lipinski definition) is 5. The Morgan fingerprint density at radius 3 is 2.73 bits per heavy atom. The lowest BCUT2D eigenvalue weighted by molar-refractivity contribution is 0.0232. The van der Waals surface area contributed by atoms with E-state index in [1.54, 1.807) is 29.6 Å². The maximum Gasteiger partial charge on any atom is 0.410 e. The molecule has 0 saturated heterocycles. The van der Waals surface area contributed by atoms with Crippen LogP contribution < -0.4 is 5.32 Å². The topological polar surface area (TPSA) is 100 Å². The number of para-hydroxylation sites is 1. The van der Waals surface area contributed by atoms with Crippen LogP contribution in [0.25, 0.3) is 10.9 Å². The molecule has 0 aliphatic carbocycles. The quantitative estimate of drug-likeness (QED) is 0.582. The molecule has 0 aliphatic heterocycles. The summed E-state index contributed by atoms with van der Waals surface area (Å²) in [6.45, 7) is 6.77. The van der Waals surface area contributed by atoms with Crippen molar-refractivity contribution in [1.29, 1.82) is 0 Å². The number of nitrogens with zero attached hydrogens (tertiary/aromatic N) is 3. The van der Waals surface area contributed by atoms with Crippen LogP contribution in [-0.2, 0) is 11.3 Å². The van der Waals surface area contributed by atoms with Gasteiger partial charge in [-0.3, -0.25) is 14.9 Å². The second-order valence-electron chi connectivity index (χ2n) is 8.01. The van der Waals surface area contributed by atoms with Gasteiger partial charge in [0.15, 0.2) is 0 Å². The average molecular weight is 409 g/mol. The molecule has 0 fully saturated rings. The van der Waals surface area contributed by atoms with Gasteiger partial charge in [-0.15, -0.1) is 0 Å². The number of carbonyl (C=O) groups excluding carboxylic acids is 2. The lowest BCUT2D eigenvalue weighted by Crippen LogP contribution is -2.38. The van der Waals surface area contributed by atoms with E-state index in [1.807, 2.05) is 45.0 Å². The molecule has 0 unspecified atom stereocenters. The van der Waals surface area contributed by atoms with Gasteiger partial charge in [0, 0.05) is 30.9 Å². The number of aromatic amines is 1. The van der Waals surface area contributed by atoms with Crippen molar-refractivity contribution in [3.05, 3.63) is 60.0 Å². The van der Waals surface area contributed by atoms with Crippen LogP contribution in [0.1, 0.15) is 43.1 Å². The molecule has 3 rings (SSSR count). The zero-order valence-corrected chi connectivity index (χ0v) is 17.5. The average Bonchev–Trinajstić information content (AvgIpc) is 3.18. The number of pyridine rings is 1. The van der Waals surface area contributed by atoms with Crippen LogP contribution in [0.15, 0.2) is 48.9 Å². The fourth-order valence-electron chi connectivity index (χ4n) is 3.00. The first-order valence-corrected chi connectivity index (χ1v) is 9.90. The van der Waals surface area contributed by atoms with Crippen molar-refractivity contribution in [3.8, 4) is 0 Å². The smallest absolute Gasteiger partial charge is 0.410 e. The van der Waals surface area contributed by atoms with Crippen molar-refractivity contribution in [1.82, 2.24) is 25.4 Å². The zero-order chi connectivity index (χ0) is 21.6. The van der Waals surface area contributed by atoms with Crippen LogP contribution >= 0.6 is 0 Å². The number of nitrogens with one attached hydrogen (secondary N) is 2. The molecule has 0 bridgehead atoms. The minimum atomic E-state index is -0.582. The van der Waals surface area contributed by atoms with Crippen molar-refractivity contribution in [2.45, 2.75) is 39.3 Å². The third-order valence-corrected chi connectivity index (χ3v) is 4.36. The molecule has 2 amide bonds. The van der Waals surface area contributed by atoms with E-state index in [0.29, 0.717) is 37.1 Å². The molecule has 0 atom stereocenters. The molecule has 2 aromatic heterocycles. The fraction of sp³-hybridized carbons (Fsp3) is 0.364. The van der Waals surface area contributed by atoms with Gasteiger partial charge in [-0.25, -0.2) is 4.79 Å². The van der Waals surface area contributed by atoms with Gasteiger partial charge in [0.25, 0.3) is 5.91 Å². The van der Waals surface area contributed by atoms with Crippen LogP contribution in [0.3, 0.4) is 0 Å². The van der Waals surface area contributed by atoms with Gasteiger partial charge in [0.1, 0.15) is 5.60 Å². The van der Waals surface area contributed by atoms with Gasteiger partial charge in [-0.1, -0.05) is 18.2 Å². The second-order valence-corrected chi connectivity index (χ2v) is 8.01. The fourth-order valence-corrected chi connectivity index (χ4v) is 3.00. The van der Waals surface area contributed by atoms with E-state index in [-0.39, 0.29) is 12.0 Å². The van der Waals surface area contributed by atoms with Crippen molar-refractivity contribution < 1.29 is 14.3 Å². The number of hydrogen-bond donors (Lipinski definition) is 2. The first kappa shape index (κ1) is 21.3. The number of ether oxygens (including phenoxy) is 1. The molecule has 1 aromatic carbocycles. The highest BCUT2D eigenvalue weighted by molar-refractivity contribution is 6.05. The minimum Gasteiger partial charge on any atom is -0.444 e. The van der Waals surface area contributed by atoms with Crippen LogP contribution in [0.4, 0.5) is 4.79 Å². The molecule has 2 N–H and O–H groups in total. The molecule has 8 heteroatoms. The number of benzene rings is 1. The summed E-state index contributed by atoms with van der Waals surface area (Å²) >= 11 is 0. The Balaban J connectivity index is 1.57. The Labute approximate surface area is 175 Å². The highest BCUT2D eigenvalue weighted by atomic mass is 16.6. The third-order valence-electron chi connectivity index (χ3n) is 4.36. The van der Waals surface area contributed by atoms with Crippen LogP contribution in [0.2, 0.25) is 0 Å². The number of fused-ring (bicyclic) bond motifs is 1. The molecule has 0 radical (unpaired) electrons. The van der Waals surface area contributed by atoms with E-state index in [9.17, 15) is 9.59 Å². The van der Waals surface area contributed by atoms with E-state index < -0.39 is 5.60 Å². The predicted molar refractivity (Wildman–Crippen MR) is 114 cm³/mol. The summed E-state index contributed by atoms with van der Waals surface area (Å²) < 4.78 is 5.53. The molecule has 0 spiro atoms. The summed E-state index contributed by atoms with van der Waals surface area (Å²) in [5.74, 6) is -0.180. The summed E-state index contributed by atoms with van der Waals surface area (Å²) in [5, 5.41) is 10.6. The van der Waals surface area contributed by atoms with E-state index in [0.717, 1.165) is 10.9 Å². The maximum absolute atomic E-state index is 12.6. The Bertz CT molecular complexity index is 995. The molecule has 8 nitrogen and oxygen atoms in total. The Morgan fingerprint density at radius 2 is 2.00 bits per heavy atom. The van der Waals surface area contributed by atoms with Crippen molar-refractivity contribution in [2.24, 2.45) is 0 Å². The van der Waals surface area contributed by atoms with Crippen molar-refractivity contribution in [3.63, 3.8) is 0 Å². The summed E-state index contributed by atoms with van der Waals surface area (Å²) in [6, 6.07) is 9.22. The normalized spacial score (nSPS) is 11.3. The summed E-state index contributed by atoms with van der Waals surface area (Å²) in [7, 11) is 0. The lowest BCUT2D eigenvalue weighted by Gasteiger charge is -2.27. The lowest BCUT2D eigenvalue weighted by atomic mass is 10.1. The molecule has 0 saturated carbocycles. The predicted octanol–water partition coefficient (Wildman–Crippen LogP) is 3.52. The van der Waals surface area contributed by atoms with Gasteiger partial charge in [0.05, 0.1) is 23.8 Å². The maximum atomic E-state index is 12.6. The number of rotatable bonds is 7. The van der Waals surface area contributed by atoms with Gasteiger partial charge >= 0.3 is 6.09 Å². The molecule has 3 aromatic rings. The number of carbonyl (C=O) groups is 2. The highest BCUT2D eigenvalue weighted by Gasteiger charge is 2.22. The van der Waals surface area contributed by atoms with E-state index in [2.05, 4.69) is 20.5 Å². The largest absolute Gasteiger partial charge is 0.444 e. The van der Waals surface area contributed by atoms with Crippen LogP contribution in [0.5, 0.6) is 0 Å². The van der Waals surface area contributed by atoms with Gasteiger partial charge in [0.2, 0.25) is 0 Å². The third kappa shape index (κ3) is 5.79. The number of aromatic nitrogens is 3. The number of amides is 2. The first-order chi connectivity index (χ1) is 14.3. The number of H-pyrrole nitrogens is 1. The Kier molecular flexibility index (Phi) is 6.66. The minimum absolute atomic E-state index is 0.180. The summed E-state index contributed by atoms with van der Waals surface area (Å²) in [4.78, 5) is 30.9. The van der Waals surface area contributed by atoms with Gasteiger partial charge in [-0.05, 0) is 44.9 Å². The van der Waals surface area contributed by atoms with Crippen molar-refractivity contribution >= 4 is 22.9 Å². The standard InChI is InChI=1S/C22H27N5O3/c1-22(2,3)30-21(29)27(15-16-7-5-10-23-13-16)12-6-11-24-20(28)18-9-4-8-17-14-25-26-19(17)18/h4-5,7-10,13-14H,6,11-12,15H2,1-3H3,(H,24,28)(H,25,26). The SMILES string of the molecule is CC(C)(C)OC(=O)N(CCCNC(=O)c1cccc2cn[nH]c12)Cc1cccnc1. The van der Waals surface area contributed by atoms with Crippen molar-refractivity contribution in [2.75, 3.05) is 13.1 Å². The first-order valence-electron chi connectivity index (χ1n) is 9.90. The molecular weight excluding hydrogens is 382 g/mol. The Hall–Kier alpha value is -3.42. The van der Waals surface area contributed by atoms with Crippen LogP contribution in [-0.4, -0.2) is 50.8 Å². The van der Waals surface area contributed by atoms with E-state index in [1.165, 1.54) is 0 Å². The zero-order valence-electron chi connectivity index (χ0n) is 17.5. The monoisotopic (exact) mass is 409 g/mol. The van der Waals surface area contributed by atoms with E-state index >= 15 is 0 Å². The molecule has 30 heavy (non-hydrogen) atoms. The van der Waals surface area contributed by atoms with E-state index in [4.69, 9.17) is 4.74 Å². The molecule has 158 valence electrons. The highest BCUT2D eigenvalue weighted by Crippen LogP contribution is 2.16. The van der Waals surface area contributed by atoms with Gasteiger partial charge in [-0.2, -0.15) is 5.10 Å². The molecular formula is C22H27N5O3. The second kappa shape index (κ2) is 9.39. The van der Waals surface area contributed by atoms with Gasteiger partial charge < -0.3 is 15.0 Å².